The smallest absolute Gasteiger partial charge is 0.253 e. The summed E-state index contributed by atoms with van der Waals surface area (Å²) in [6, 6.07) is 17.6. The molecular formula is C19H21ClN2O. The molecule has 3 nitrogen and oxygen atoms in total. The predicted octanol–water partition coefficient (Wildman–Crippen LogP) is 3.34. The van der Waals surface area contributed by atoms with E-state index in [9.17, 15) is 4.79 Å². The Bertz CT molecular complexity index is 651. The molecule has 1 aliphatic heterocycles. The van der Waals surface area contributed by atoms with Crippen LogP contribution in [-0.4, -0.2) is 48.4 Å². The van der Waals surface area contributed by atoms with Gasteiger partial charge >= 0.3 is 0 Å². The molecule has 2 aromatic carbocycles. The molecule has 0 saturated carbocycles. The molecule has 1 fully saturated rings. The van der Waals surface area contributed by atoms with Crippen LogP contribution in [-0.2, 0) is 6.42 Å². The van der Waals surface area contributed by atoms with Crippen LogP contribution in [0.15, 0.2) is 54.6 Å². The lowest BCUT2D eigenvalue weighted by molar-refractivity contribution is 0.0638. The molecule has 0 N–H and O–H groups in total. The normalized spacial score (nSPS) is 15.6. The third-order valence-electron chi connectivity index (χ3n) is 4.29. The molecular weight excluding hydrogens is 308 g/mol. The number of amides is 1. The van der Waals surface area contributed by atoms with Crippen molar-refractivity contribution in [3.8, 4) is 0 Å². The van der Waals surface area contributed by atoms with Gasteiger partial charge in [-0.25, -0.2) is 0 Å². The summed E-state index contributed by atoms with van der Waals surface area (Å²) in [5.41, 5.74) is 2.04. The van der Waals surface area contributed by atoms with Crippen LogP contribution in [0.1, 0.15) is 15.9 Å². The van der Waals surface area contributed by atoms with Crippen molar-refractivity contribution in [2.24, 2.45) is 0 Å². The van der Waals surface area contributed by atoms with Crippen LogP contribution in [0.4, 0.5) is 0 Å². The van der Waals surface area contributed by atoms with Gasteiger partial charge in [-0.1, -0.05) is 41.9 Å². The zero-order valence-corrected chi connectivity index (χ0v) is 13.9. The molecule has 0 spiro atoms. The second-order valence-electron chi connectivity index (χ2n) is 5.88. The Labute approximate surface area is 142 Å². The van der Waals surface area contributed by atoms with Crippen molar-refractivity contribution in [1.82, 2.24) is 9.80 Å². The molecule has 3 rings (SSSR count). The van der Waals surface area contributed by atoms with Crippen molar-refractivity contribution in [3.63, 3.8) is 0 Å². The zero-order valence-electron chi connectivity index (χ0n) is 13.1. The standard InChI is InChI=1S/C19H21ClN2O/c20-18-8-4-5-16(15-18)9-10-21-11-13-22(14-12-21)19(23)17-6-2-1-3-7-17/h1-8,15H,9-14H2. The topological polar surface area (TPSA) is 23.6 Å². The monoisotopic (exact) mass is 328 g/mol. The first-order valence-corrected chi connectivity index (χ1v) is 8.41. The number of benzene rings is 2. The van der Waals surface area contributed by atoms with Crippen molar-refractivity contribution in [2.75, 3.05) is 32.7 Å². The Morgan fingerprint density at radius 2 is 1.70 bits per heavy atom. The third-order valence-corrected chi connectivity index (χ3v) is 4.52. The summed E-state index contributed by atoms with van der Waals surface area (Å²) in [7, 11) is 0. The summed E-state index contributed by atoms with van der Waals surface area (Å²) in [6.07, 6.45) is 0.993. The van der Waals surface area contributed by atoms with Gasteiger partial charge in [-0.05, 0) is 36.2 Å². The summed E-state index contributed by atoms with van der Waals surface area (Å²) in [5.74, 6) is 0.139. The molecule has 120 valence electrons. The molecule has 0 radical (unpaired) electrons. The van der Waals surface area contributed by atoms with Gasteiger partial charge in [0.15, 0.2) is 0 Å². The summed E-state index contributed by atoms with van der Waals surface area (Å²) in [6.45, 7) is 4.46. The fraction of sp³-hybridized carbons (Fsp3) is 0.316. The number of halogens is 1. The largest absolute Gasteiger partial charge is 0.336 e. The van der Waals surface area contributed by atoms with Gasteiger partial charge in [-0.2, -0.15) is 0 Å². The fourth-order valence-electron chi connectivity index (χ4n) is 2.92. The van der Waals surface area contributed by atoms with Crippen molar-refractivity contribution in [3.05, 3.63) is 70.7 Å². The fourth-order valence-corrected chi connectivity index (χ4v) is 3.13. The maximum Gasteiger partial charge on any atom is 0.253 e. The van der Waals surface area contributed by atoms with E-state index in [1.807, 2.05) is 53.4 Å². The number of hydrogen-bond acceptors (Lipinski definition) is 2. The van der Waals surface area contributed by atoms with Crippen LogP contribution in [0, 0.1) is 0 Å². The molecule has 23 heavy (non-hydrogen) atoms. The van der Waals surface area contributed by atoms with Crippen molar-refractivity contribution in [2.45, 2.75) is 6.42 Å². The quantitative estimate of drug-likeness (QED) is 0.859. The van der Waals surface area contributed by atoms with Crippen LogP contribution in [0.3, 0.4) is 0 Å². The van der Waals surface area contributed by atoms with Crippen LogP contribution >= 0.6 is 11.6 Å². The minimum atomic E-state index is 0.139. The lowest BCUT2D eigenvalue weighted by Gasteiger charge is -2.34. The Morgan fingerprint density at radius 1 is 0.957 bits per heavy atom. The van der Waals surface area contributed by atoms with E-state index in [0.717, 1.165) is 49.7 Å². The number of hydrogen-bond donors (Lipinski definition) is 0. The number of carbonyl (C=O) groups is 1. The van der Waals surface area contributed by atoms with Gasteiger partial charge in [0, 0.05) is 43.3 Å². The van der Waals surface area contributed by atoms with E-state index in [-0.39, 0.29) is 5.91 Å². The number of carbonyl (C=O) groups excluding carboxylic acids is 1. The van der Waals surface area contributed by atoms with E-state index in [2.05, 4.69) is 11.0 Å². The van der Waals surface area contributed by atoms with Crippen LogP contribution in [0.5, 0.6) is 0 Å². The first-order valence-electron chi connectivity index (χ1n) is 8.03. The molecule has 1 aliphatic rings. The Kier molecular flexibility index (Phi) is 5.31. The van der Waals surface area contributed by atoms with Gasteiger partial charge in [0.05, 0.1) is 0 Å². The van der Waals surface area contributed by atoms with E-state index >= 15 is 0 Å². The lowest BCUT2D eigenvalue weighted by atomic mass is 10.1. The first-order chi connectivity index (χ1) is 11.2. The van der Waals surface area contributed by atoms with E-state index in [0.29, 0.717) is 0 Å². The maximum absolute atomic E-state index is 12.4. The zero-order chi connectivity index (χ0) is 16.1. The second kappa shape index (κ2) is 7.62. The number of rotatable bonds is 4. The van der Waals surface area contributed by atoms with Crippen molar-refractivity contribution in [1.29, 1.82) is 0 Å². The molecule has 0 bridgehead atoms. The summed E-state index contributed by atoms with van der Waals surface area (Å²) in [4.78, 5) is 16.8. The van der Waals surface area contributed by atoms with Gasteiger partial charge in [-0.15, -0.1) is 0 Å². The van der Waals surface area contributed by atoms with E-state index in [1.54, 1.807) is 0 Å². The SMILES string of the molecule is O=C(c1ccccc1)N1CCN(CCc2cccc(Cl)c2)CC1. The molecule has 0 unspecified atom stereocenters. The molecule has 1 heterocycles. The van der Waals surface area contributed by atoms with E-state index < -0.39 is 0 Å². The highest BCUT2D eigenvalue weighted by molar-refractivity contribution is 6.30. The van der Waals surface area contributed by atoms with Gasteiger partial charge in [0.2, 0.25) is 0 Å². The molecule has 2 aromatic rings. The Morgan fingerprint density at radius 3 is 2.39 bits per heavy atom. The molecule has 0 atom stereocenters. The summed E-state index contributed by atoms with van der Waals surface area (Å²) < 4.78 is 0. The summed E-state index contributed by atoms with van der Waals surface area (Å²) in [5, 5.41) is 0.792. The predicted molar refractivity (Wildman–Crippen MR) is 93.9 cm³/mol. The second-order valence-corrected chi connectivity index (χ2v) is 6.32. The first kappa shape index (κ1) is 16.0. The average Bonchev–Trinajstić information content (AvgIpc) is 2.61. The molecule has 4 heteroatoms. The van der Waals surface area contributed by atoms with Crippen molar-refractivity contribution >= 4 is 17.5 Å². The minimum Gasteiger partial charge on any atom is -0.336 e. The summed E-state index contributed by atoms with van der Waals surface area (Å²) >= 11 is 6.02. The number of piperazine rings is 1. The van der Waals surface area contributed by atoms with Gasteiger partial charge in [0.25, 0.3) is 5.91 Å². The van der Waals surface area contributed by atoms with Crippen LogP contribution in [0.25, 0.3) is 0 Å². The molecule has 1 amide bonds. The van der Waals surface area contributed by atoms with Crippen LogP contribution < -0.4 is 0 Å². The molecule has 0 aliphatic carbocycles. The van der Waals surface area contributed by atoms with Crippen LogP contribution in [0.2, 0.25) is 5.02 Å². The number of nitrogens with zero attached hydrogens (tertiary/aromatic N) is 2. The maximum atomic E-state index is 12.4. The molecule has 0 aromatic heterocycles. The average molecular weight is 329 g/mol. The highest BCUT2D eigenvalue weighted by atomic mass is 35.5. The Balaban J connectivity index is 1.48. The van der Waals surface area contributed by atoms with Gasteiger partial charge in [0.1, 0.15) is 0 Å². The lowest BCUT2D eigenvalue weighted by Crippen LogP contribution is -2.49. The van der Waals surface area contributed by atoms with E-state index in [1.165, 1.54) is 5.56 Å². The molecule has 1 saturated heterocycles. The van der Waals surface area contributed by atoms with Crippen molar-refractivity contribution < 1.29 is 4.79 Å². The third kappa shape index (κ3) is 4.34. The highest BCUT2D eigenvalue weighted by Crippen LogP contribution is 2.13. The van der Waals surface area contributed by atoms with E-state index in [4.69, 9.17) is 11.6 Å². The van der Waals surface area contributed by atoms with Gasteiger partial charge in [-0.3, -0.25) is 9.69 Å². The Hall–Kier alpha value is -1.84. The van der Waals surface area contributed by atoms with Gasteiger partial charge < -0.3 is 4.90 Å². The minimum absolute atomic E-state index is 0.139. The highest BCUT2D eigenvalue weighted by Gasteiger charge is 2.21.